The fourth-order valence-electron chi connectivity index (χ4n) is 3.13. The van der Waals surface area contributed by atoms with Crippen LogP contribution in [0.5, 0.6) is 11.5 Å². The second kappa shape index (κ2) is 8.05. The highest BCUT2D eigenvalue weighted by atomic mass is 32.2. The van der Waals surface area contributed by atoms with E-state index in [-0.39, 0.29) is 10.8 Å². The first-order valence-electron chi connectivity index (χ1n) is 8.43. The number of carbonyl (C=O) groups is 1. The molecule has 1 fully saturated rings. The second-order valence-electron chi connectivity index (χ2n) is 5.80. The van der Waals surface area contributed by atoms with Crippen LogP contribution in [0.2, 0.25) is 0 Å². The van der Waals surface area contributed by atoms with E-state index in [1.165, 1.54) is 30.7 Å². The predicted molar refractivity (Wildman–Crippen MR) is 94.4 cm³/mol. The Bertz CT molecular complexity index is 716. The first kappa shape index (κ1) is 19.5. The summed E-state index contributed by atoms with van der Waals surface area (Å²) in [6, 6.07) is 3.83. The van der Waals surface area contributed by atoms with Gasteiger partial charge in [-0.15, -0.1) is 0 Å². The van der Waals surface area contributed by atoms with Gasteiger partial charge in [0.1, 0.15) is 6.04 Å². The lowest BCUT2D eigenvalue weighted by atomic mass is 10.2. The Labute approximate surface area is 149 Å². The molecular weight excluding hydrogens is 344 g/mol. The van der Waals surface area contributed by atoms with Gasteiger partial charge in [0.05, 0.1) is 19.1 Å². The molecule has 0 aliphatic carbocycles. The predicted octanol–water partition coefficient (Wildman–Crippen LogP) is 1.73. The van der Waals surface area contributed by atoms with E-state index in [2.05, 4.69) is 0 Å². The molecule has 0 saturated carbocycles. The Balaban J connectivity index is 2.36. The zero-order valence-electron chi connectivity index (χ0n) is 15.2. The van der Waals surface area contributed by atoms with Crippen molar-refractivity contribution in [2.24, 2.45) is 0 Å². The zero-order chi connectivity index (χ0) is 18.6. The maximum absolute atomic E-state index is 13.1. The van der Waals surface area contributed by atoms with Crippen LogP contribution in [0.4, 0.5) is 0 Å². The van der Waals surface area contributed by atoms with Gasteiger partial charge < -0.3 is 14.4 Å². The van der Waals surface area contributed by atoms with E-state index < -0.39 is 16.1 Å². The third kappa shape index (κ3) is 3.74. The molecule has 1 unspecified atom stereocenters. The van der Waals surface area contributed by atoms with Crippen LogP contribution in [0.15, 0.2) is 23.1 Å². The molecule has 1 heterocycles. The summed E-state index contributed by atoms with van der Waals surface area (Å²) in [7, 11) is -0.844. The zero-order valence-corrected chi connectivity index (χ0v) is 16.0. The monoisotopic (exact) mass is 370 g/mol. The van der Waals surface area contributed by atoms with Crippen molar-refractivity contribution in [3.63, 3.8) is 0 Å². The second-order valence-corrected chi connectivity index (χ2v) is 7.69. The largest absolute Gasteiger partial charge is 0.493 e. The Morgan fingerprint density at radius 1 is 1.20 bits per heavy atom. The van der Waals surface area contributed by atoms with Crippen molar-refractivity contribution in [1.82, 2.24) is 9.21 Å². The van der Waals surface area contributed by atoms with Gasteiger partial charge in [-0.25, -0.2) is 8.42 Å². The molecule has 1 aromatic carbocycles. The first-order valence-corrected chi connectivity index (χ1v) is 9.87. The molecule has 140 valence electrons. The van der Waals surface area contributed by atoms with E-state index in [1.54, 1.807) is 11.0 Å². The number of hydrogen-bond acceptors (Lipinski definition) is 5. The average molecular weight is 370 g/mol. The Kier molecular flexibility index (Phi) is 6.29. The summed E-state index contributed by atoms with van der Waals surface area (Å²) in [6.07, 6.45) is 1.21. The molecule has 1 atom stereocenters. The van der Waals surface area contributed by atoms with Gasteiger partial charge in [-0.1, -0.05) is 0 Å². The number of carbonyl (C=O) groups excluding carboxylic acids is 1. The lowest BCUT2D eigenvalue weighted by Gasteiger charge is -2.28. The quantitative estimate of drug-likeness (QED) is 0.731. The highest BCUT2D eigenvalue weighted by Gasteiger charge is 2.40. The number of benzene rings is 1. The molecule has 2 rings (SSSR count). The minimum Gasteiger partial charge on any atom is -0.493 e. The van der Waals surface area contributed by atoms with E-state index >= 15 is 0 Å². The van der Waals surface area contributed by atoms with Crippen LogP contribution >= 0.6 is 0 Å². The van der Waals surface area contributed by atoms with E-state index in [1.807, 2.05) is 13.8 Å². The summed E-state index contributed by atoms with van der Waals surface area (Å²) in [6.45, 7) is 5.26. The average Bonchev–Trinajstić information content (AvgIpc) is 3.12. The van der Waals surface area contributed by atoms with Gasteiger partial charge in [0.15, 0.2) is 11.5 Å². The molecule has 8 heteroatoms. The van der Waals surface area contributed by atoms with Crippen molar-refractivity contribution in [1.29, 1.82) is 0 Å². The van der Waals surface area contributed by atoms with Crippen molar-refractivity contribution in [3.8, 4) is 11.5 Å². The number of hydrogen-bond donors (Lipinski definition) is 0. The van der Waals surface area contributed by atoms with Crippen LogP contribution in [0.25, 0.3) is 0 Å². The molecule has 7 nitrogen and oxygen atoms in total. The fourth-order valence-corrected chi connectivity index (χ4v) is 4.80. The van der Waals surface area contributed by atoms with E-state index in [9.17, 15) is 13.2 Å². The molecule has 0 aromatic heterocycles. The number of nitrogens with zero attached hydrogens (tertiary/aromatic N) is 2. The third-order valence-electron chi connectivity index (χ3n) is 4.53. The smallest absolute Gasteiger partial charge is 0.243 e. The molecule has 1 amide bonds. The topological polar surface area (TPSA) is 76.2 Å². The lowest BCUT2D eigenvalue weighted by molar-refractivity contribution is -0.134. The van der Waals surface area contributed by atoms with Crippen molar-refractivity contribution in [2.45, 2.75) is 37.6 Å². The molecule has 0 bridgehead atoms. The Morgan fingerprint density at radius 3 is 2.40 bits per heavy atom. The number of sulfonamides is 1. The normalized spacial score (nSPS) is 18.2. The third-order valence-corrected chi connectivity index (χ3v) is 6.43. The molecule has 0 radical (unpaired) electrons. The molecular formula is C17H26N2O5S. The standard InChI is InChI=1S/C17H26N2O5S/c1-5-18(6-2)17(20)14-8-7-11-19(14)25(21,22)13-9-10-15(23-3)16(12-13)24-4/h9-10,12,14H,5-8,11H2,1-4H3. The van der Waals surface area contributed by atoms with Crippen LogP contribution in [0, 0.1) is 0 Å². The van der Waals surface area contributed by atoms with E-state index in [4.69, 9.17) is 9.47 Å². The van der Waals surface area contributed by atoms with E-state index in [0.29, 0.717) is 44.0 Å². The van der Waals surface area contributed by atoms with Gasteiger partial charge in [0.25, 0.3) is 0 Å². The fraction of sp³-hybridized carbons (Fsp3) is 0.588. The molecule has 1 saturated heterocycles. The first-order chi connectivity index (χ1) is 11.9. The van der Waals surface area contributed by atoms with Crippen LogP contribution in [-0.2, 0) is 14.8 Å². The minimum atomic E-state index is -3.79. The Morgan fingerprint density at radius 2 is 1.84 bits per heavy atom. The van der Waals surface area contributed by atoms with Crippen LogP contribution in [-0.4, -0.2) is 63.4 Å². The number of likely N-dealkylation sites (N-methyl/N-ethyl adjacent to an activating group) is 1. The molecule has 25 heavy (non-hydrogen) atoms. The number of ether oxygens (including phenoxy) is 2. The molecule has 0 N–H and O–H groups in total. The lowest BCUT2D eigenvalue weighted by Crippen LogP contribution is -2.47. The maximum atomic E-state index is 13.1. The molecule has 1 aliphatic rings. The Hall–Kier alpha value is -1.80. The van der Waals surface area contributed by atoms with Gasteiger partial charge in [-0.2, -0.15) is 4.31 Å². The van der Waals surface area contributed by atoms with Crippen LogP contribution in [0.1, 0.15) is 26.7 Å². The summed E-state index contributed by atoms with van der Waals surface area (Å²) < 4.78 is 37.8. The van der Waals surface area contributed by atoms with E-state index in [0.717, 1.165) is 0 Å². The number of rotatable bonds is 7. The van der Waals surface area contributed by atoms with Crippen molar-refractivity contribution in [3.05, 3.63) is 18.2 Å². The summed E-state index contributed by atoms with van der Waals surface area (Å²) in [5.41, 5.74) is 0. The number of amides is 1. The van der Waals surface area contributed by atoms with Crippen molar-refractivity contribution >= 4 is 15.9 Å². The molecule has 1 aromatic rings. The SMILES string of the molecule is CCN(CC)C(=O)C1CCCN1S(=O)(=O)c1ccc(OC)c(OC)c1. The number of methoxy groups -OCH3 is 2. The van der Waals surface area contributed by atoms with Crippen LogP contribution in [0.3, 0.4) is 0 Å². The van der Waals surface area contributed by atoms with Gasteiger partial charge in [-0.05, 0) is 38.8 Å². The van der Waals surface area contributed by atoms with Gasteiger partial charge >= 0.3 is 0 Å². The summed E-state index contributed by atoms with van der Waals surface area (Å²) in [4.78, 5) is 14.5. The maximum Gasteiger partial charge on any atom is 0.243 e. The van der Waals surface area contributed by atoms with Crippen LogP contribution < -0.4 is 9.47 Å². The van der Waals surface area contributed by atoms with Gasteiger partial charge in [0.2, 0.25) is 15.9 Å². The van der Waals surface area contributed by atoms with Gasteiger partial charge in [-0.3, -0.25) is 4.79 Å². The molecule has 1 aliphatic heterocycles. The minimum absolute atomic E-state index is 0.101. The van der Waals surface area contributed by atoms with Crippen molar-refractivity contribution < 1.29 is 22.7 Å². The summed E-state index contributed by atoms with van der Waals surface area (Å²) >= 11 is 0. The summed E-state index contributed by atoms with van der Waals surface area (Å²) in [5.74, 6) is 0.666. The summed E-state index contributed by atoms with van der Waals surface area (Å²) in [5, 5.41) is 0. The highest BCUT2D eigenvalue weighted by molar-refractivity contribution is 7.89. The van der Waals surface area contributed by atoms with Gasteiger partial charge in [0, 0.05) is 25.7 Å². The molecule has 0 spiro atoms. The van der Waals surface area contributed by atoms with Crippen molar-refractivity contribution in [2.75, 3.05) is 33.9 Å². The highest BCUT2D eigenvalue weighted by Crippen LogP contribution is 2.33.